The maximum Gasteiger partial charge on any atom is 0.416 e. The molecule has 0 atom stereocenters. The van der Waals surface area contributed by atoms with Crippen molar-refractivity contribution in [3.8, 4) is 11.3 Å². The average molecular weight is 330 g/mol. The highest BCUT2D eigenvalue weighted by molar-refractivity contribution is 5.83. The van der Waals surface area contributed by atoms with Crippen molar-refractivity contribution in [3.63, 3.8) is 0 Å². The predicted molar refractivity (Wildman–Crippen MR) is 81.6 cm³/mol. The first-order valence-corrected chi connectivity index (χ1v) is 6.99. The Morgan fingerprint density at radius 3 is 2.62 bits per heavy atom. The number of fused-ring (bicyclic) bond motifs is 3. The fraction of sp³-hybridized carbons (Fsp3) is 0.0625. The van der Waals surface area contributed by atoms with Crippen molar-refractivity contribution in [1.82, 2.24) is 19.8 Å². The topological polar surface area (TPSA) is 63.0 Å². The van der Waals surface area contributed by atoms with Crippen LogP contribution in [0.25, 0.3) is 27.8 Å². The van der Waals surface area contributed by atoms with Crippen LogP contribution in [0.5, 0.6) is 0 Å². The molecule has 0 saturated carbocycles. The van der Waals surface area contributed by atoms with Gasteiger partial charge in [0.2, 0.25) is 0 Å². The predicted octanol–water partition coefficient (Wildman–Crippen LogP) is 3.26. The molecule has 0 saturated heterocycles. The van der Waals surface area contributed by atoms with Crippen LogP contribution >= 0.6 is 0 Å². The molecule has 0 aliphatic carbocycles. The Kier molecular flexibility index (Phi) is 2.96. The van der Waals surface area contributed by atoms with E-state index in [0.29, 0.717) is 10.9 Å². The van der Waals surface area contributed by atoms with E-state index in [2.05, 4.69) is 15.3 Å². The molecule has 0 fully saturated rings. The zero-order chi connectivity index (χ0) is 16.9. The second kappa shape index (κ2) is 4.92. The molecule has 0 aliphatic heterocycles. The lowest BCUT2D eigenvalue weighted by molar-refractivity contribution is -0.137. The number of alkyl halides is 3. The monoisotopic (exact) mass is 330 g/mol. The van der Waals surface area contributed by atoms with Gasteiger partial charge < -0.3 is 0 Å². The fourth-order valence-corrected chi connectivity index (χ4v) is 2.62. The van der Waals surface area contributed by atoms with E-state index < -0.39 is 17.3 Å². The van der Waals surface area contributed by atoms with Gasteiger partial charge in [-0.05, 0) is 24.3 Å². The van der Waals surface area contributed by atoms with E-state index in [9.17, 15) is 18.0 Å². The molecule has 2 aromatic heterocycles. The lowest BCUT2D eigenvalue weighted by atomic mass is 10.1. The normalized spacial score (nSPS) is 12.1. The number of hydrogen-bond donors (Lipinski definition) is 1. The van der Waals surface area contributed by atoms with E-state index >= 15 is 0 Å². The third-order valence-corrected chi connectivity index (χ3v) is 3.73. The number of nitrogens with one attached hydrogen (secondary N) is 1. The van der Waals surface area contributed by atoms with Gasteiger partial charge in [0, 0.05) is 5.56 Å². The Morgan fingerprint density at radius 1 is 1.04 bits per heavy atom. The summed E-state index contributed by atoms with van der Waals surface area (Å²) in [5, 5.41) is 7.15. The van der Waals surface area contributed by atoms with Crippen LogP contribution in [-0.4, -0.2) is 19.8 Å². The van der Waals surface area contributed by atoms with Crippen molar-refractivity contribution in [2.24, 2.45) is 0 Å². The number of para-hydroxylation sites is 1. The van der Waals surface area contributed by atoms with Crippen molar-refractivity contribution in [1.29, 1.82) is 0 Å². The highest BCUT2D eigenvalue weighted by Gasteiger charge is 2.30. The van der Waals surface area contributed by atoms with Crippen LogP contribution < -0.4 is 5.56 Å². The summed E-state index contributed by atoms with van der Waals surface area (Å²) in [6.07, 6.45) is -4.46. The molecular formula is C16H9F3N4O. The molecule has 0 amide bonds. The van der Waals surface area contributed by atoms with E-state index in [1.165, 1.54) is 16.6 Å². The summed E-state index contributed by atoms with van der Waals surface area (Å²) in [4.78, 5) is 16.1. The number of aromatic amines is 1. The lowest BCUT2D eigenvalue weighted by Crippen LogP contribution is -2.10. The molecule has 4 aromatic rings. The minimum atomic E-state index is -4.46. The van der Waals surface area contributed by atoms with Crippen LogP contribution in [0.4, 0.5) is 13.2 Å². The van der Waals surface area contributed by atoms with Gasteiger partial charge in [0.1, 0.15) is 5.69 Å². The number of halogens is 3. The summed E-state index contributed by atoms with van der Waals surface area (Å²) in [7, 11) is 0. The number of nitrogens with zero attached hydrogens (tertiary/aromatic N) is 3. The van der Waals surface area contributed by atoms with Crippen LogP contribution in [0.1, 0.15) is 5.56 Å². The number of H-pyrrole nitrogens is 1. The summed E-state index contributed by atoms with van der Waals surface area (Å²) < 4.78 is 40.2. The molecule has 0 bridgehead atoms. The van der Waals surface area contributed by atoms with Gasteiger partial charge in [0.05, 0.1) is 16.5 Å². The van der Waals surface area contributed by atoms with E-state index in [1.807, 2.05) is 0 Å². The molecule has 0 unspecified atom stereocenters. The third kappa shape index (κ3) is 2.15. The first-order valence-electron chi connectivity index (χ1n) is 6.99. The number of rotatable bonds is 1. The van der Waals surface area contributed by atoms with E-state index in [4.69, 9.17) is 0 Å². The van der Waals surface area contributed by atoms with Gasteiger partial charge in [0.25, 0.3) is 5.56 Å². The zero-order valence-corrected chi connectivity index (χ0v) is 12.0. The molecule has 1 N–H and O–H groups in total. The number of benzene rings is 2. The van der Waals surface area contributed by atoms with Gasteiger partial charge in [0.15, 0.2) is 5.65 Å². The van der Waals surface area contributed by atoms with Gasteiger partial charge in [-0.3, -0.25) is 4.79 Å². The SMILES string of the molecule is O=c1nc2c(-c3cccc(C(F)(F)F)c3)n[nH]n2c2ccccc12. The Bertz CT molecular complexity index is 1130. The van der Waals surface area contributed by atoms with Crippen molar-refractivity contribution in [2.75, 3.05) is 0 Å². The molecule has 0 spiro atoms. The summed E-state index contributed by atoms with van der Waals surface area (Å²) >= 11 is 0. The van der Waals surface area contributed by atoms with Crippen LogP contribution in [0.15, 0.2) is 53.3 Å². The van der Waals surface area contributed by atoms with Crippen LogP contribution in [-0.2, 0) is 6.18 Å². The van der Waals surface area contributed by atoms with Gasteiger partial charge in [-0.2, -0.15) is 23.3 Å². The minimum absolute atomic E-state index is 0.179. The summed E-state index contributed by atoms with van der Waals surface area (Å²) in [5.41, 5.74) is -0.101. The molecule has 24 heavy (non-hydrogen) atoms. The maximum absolute atomic E-state index is 12.9. The van der Waals surface area contributed by atoms with Crippen molar-refractivity contribution in [2.45, 2.75) is 6.18 Å². The first-order chi connectivity index (χ1) is 11.4. The molecule has 0 radical (unpaired) electrons. The highest BCUT2D eigenvalue weighted by atomic mass is 19.4. The van der Waals surface area contributed by atoms with Crippen molar-refractivity contribution < 1.29 is 13.2 Å². The molecule has 8 heteroatoms. The fourth-order valence-electron chi connectivity index (χ4n) is 2.62. The molecule has 2 aromatic carbocycles. The second-order valence-corrected chi connectivity index (χ2v) is 5.23. The molecular weight excluding hydrogens is 321 g/mol. The molecule has 5 nitrogen and oxygen atoms in total. The Hall–Kier alpha value is -3.16. The molecule has 4 rings (SSSR count). The lowest BCUT2D eigenvalue weighted by Gasteiger charge is -2.07. The number of aromatic nitrogens is 4. The zero-order valence-electron chi connectivity index (χ0n) is 12.0. The largest absolute Gasteiger partial charge is 0.416 e. The molecule has 0 aliphatic rings. The summed E-state index contributed by atoms with van der Waals surface area (Å²) in [6.45, 7) is 0. The van der Waals surface area contributed by atoms with E-state index in [1.54, 1.807) is 24.3 Å². The van der Waals surface area contributed by atoms with Crippen LogP contribution in [0.2, 0.25) is 0 Å². The van der Waals surface area contributed by atoms with Gasteiger partial charge in [-0.25, -0.2) is 9.73 Å². The maximum atomic E-state index is 12.9. The molecule has 2 heterocycles. The minimum Gasteiger partial charge on any atom is -0.267 e. The summed E-state index contributed by atoms with van der Waals surface area (Å²) in [5.74, 6) is 0. The molecule has 120 valence electrons. The second-order valence-electron chi connectivity index (χ2n) is 5.23. The van der Waals surface area contributed by atoms with Gasteiger partial charge >= 0.3 is 6.18 Å². The third-order valence-electron chi connectivity index (χ3n) is 3.73. The Balaban J connectivity index is 2.01. The van der Waals surface area contributed by atoms with Crippen molar-refractivity contribution in [3.05, 3.63) is 64.4 Å². The van der Waals surface area contributed by atoms with Crippen molar-refractivity contribution >= 4 is 16.6 Å². The van der Waals surface area contributed by atoms with Crippen LogP contribution in [0.3, 0.4) is 0 Å². The van der Waals surface area contributed by atoms with Gasteiger partial charge in [-0.15, -0.1) is 0 Å². The van der Waals surface area contributed by atoms with E-state index in [-0.39, 0.29) is 16.9 Å². The smallest absolute Gasteiger partial charge is 0.267 e. The van der Waals surface area contributed by atoms with Gasteiger partial charge in [-0.1, -0.05) is 24.3 Å². The summed E-state index contributed by atoms with van der Waals surface area (Å²) in [6, 6.07) is 11.5. The number of hydrogen-bond acceptors (Lipinski definition) is 3. The average Bonchev–Trinajstić information content (AvgIpc) is 2.98. The van der Waals surface area contributed by atoms with Crippen LogP contribution in [0, 0.1) is 0 Å². The highest BCUT2D eigenvalue weighted by Crippen LogP contribution is 2.32. The first kappa shape index (κ1) is 14.4. The Labute approximate surface area is 132 Å². The van der Waals surface area contributed by atoms with E-state index in [0.717, 1.165) is 12.1 Å². The Morgan fingerprint density at radius 2 is 1.83 bits per heavy atom. The standard InChI is InChI=1S/C16H9F3N4O/c17-16(18,19)10-5-3-4-9(8-10)13-14-20-15(24)11-6-1-2-7-12(11)23(14)22-21-13/h1-8,22H. The quantitative estimate of drug-likeness (QED) is 0.583.